The third-order valence-corrected chi connectivity index (χ3v) is 5.58. The molecule has 2 amide bonds. The van der Waals surface area contributed by atoms with Gasteiger partial charge in [-0.1, -0.05) is 24.3 Å². The van der Waals surface area contributed by atoms with Crippen LogP contribution in [0.5, 0.6) is 0 Å². The number of anilines is 1. The molecule has 0 bridgehead atoms. The van der Waals surface area contributed by atoms with E-state index in [9.17, 15) is 9.59 Å². The summed E-state index contributed by atoms with van der Waals surface area (Å²) in [6.45, 7) is 5.11. The third-order valence-electron chi connectivity index (χ3n) is 5.58. The summed E-state index contributed by atoms with van der Waals surface area (Å²) in [7, 11) is 0. The fraction of sp³-hybridized carbons (Fsp3) is 0.364. The highest BCUT2D eigenvalue weighted by atomic mass is 16.2. The molecule has 1 fully saturated rings. The largest absolute Gasteiger partial charge is 0.337 e. The Bertz CT molecular complexity index is 847. The number of amides is 2. The van der Waals surface area contributed by atoms with E-state index < -0.39 is 0 Å². The molecule has 0 aliphatic carbocycles. The summed E-state index contributed by atoms with van der Waals surface area (Å²) < 4.78 is 0. The van der Waals surface area contributed by atoms with Crippen LogP contribution in [-0.2, 0) is 17.8 Å². The fourth-order valence-corrected chi connectivity index (χ4v) is 4.14. The molecule has 1 saturated heterocycles. The summed E-state index contributed by atoms with van der Waals surface area (Å²) in [6, 6.07) is 16.2. The molecular weight excluding hydrogens is 338 g/mol. The number of carbonyl (C=O) groups is 2. The molecule has 2 aliphatic heterocycles. The van der Waals surface area contributed by atoms with Gasteiger partial charge in [0, 0.05) is 50.4 Å². The van der Waals surface area contributed by atoms with E-state index in [1.165, 1.54) is 18.1 Å². The molecule has 2 heterocycles. The smallest absolute Gasteiger partial charge is 0.253 e. The van der Waals surface area contributed by atoms with E-state index in [1.807, 2.05) is 4.90 Å². The van der Waals surface area contributed by atoms with Crippen molar-refractivity contribution in [3.05, 3.63) is 65.2 Å². The Balaban J connectivity index is 1.38. The average molecular weight is 363 g/mol. The molecular formula is C22H25N3O2. The van der Waals surface area contributed by atoms with Crippen LogP contribution in [0.1, 0.15) is 34.8 Å². The second kappa shape index (κ2) is 7.53. The van der Waals surface area contributed by atoms with Gasteiger partial charge in [-0.05, 0) is 48.2 Å². The van der Waals surface area contributed by atoms with Crippen molar-refractivity contribution in [2.45, 2.75) is 32.4 Å². The molecule has 140 valence electrons. The zero-order valence-electron chi connectivity index (χ0n) is 15.6. The SMILES string of the molecule is CC(=O)Nc1ccc(C(=O)N2CCC(N3CCc4ccccc4C3)C2)cc1. The predicted octanol–water partition coefficient (Wildman–Crippen LogP) is 2.92. The number of rotatable bonds is 3. The molecule has 1 unspecified atom stereocenters. The Hall–Kier alpha value is -2.66. The van der Waals surface area contributed by atoms with Crippen molar-refractivity contribution in [3.63, 3.8) is 0 Å². The lowest BCUT2D eigenvalue weighted by Crippen LogP contribution is -2.41. The van der Waals surface area contributed by atoms with E-state index in [2.05, 4.69) is 34.5 Å². The van der Waals surface area contributed by atoms with Crippen LogP contribution >= 0.6 is 0 Å². The topological polar surface area (TPSA) is 52.7 Å². The van der Waals surface area contributed by atoms with Gasteiger partial charge in [-0.2, -0.15) is 0 Å². The van der Waals surface area contributed by atoms with Gasteiger partial charge in [0.2, 0.25) is 5.91 Å². The maximum Gasteiger partial charge on any atom is 0.253 e. The first-order valence-electron chi connectivity index (χ1n) is 9.58. The second-order valence-electron chi connectivity index (χ2n) is 7.44. The first kappa shape index (κ1) is 17.7. The monoisotopic (exact) mass is 363 g/mol. The predicted molar refractivity (Wildman–Crippen MR) is 106 cm³/mol. The molecule has 27 heavy (non-hydrogen) atoms. The van der Waals surface area contributed by atoms with Crippen LogP contribution in [0.4, 0.5) is 5.69 Å². The van der Waals surface area contributed by atoms with Gasteiger partial charge in [-0.3, -0.25) is 14.5 Å². The first-order valence-corrected chi connectivity index (χ1v) is 9.58. The lowest BCUT2D eigenvalue weighted by atomic mass is 9.98. The number of hydrogen-bond acceptors (Lipinski definition) is 3. The number of likely N-dealkylation sites (tertiary alicyclic amines) is 1. The second-order valence-corrected chi connectivity index (χ2v) is 7.44. The van der Waals surface area contributed by atoms with Crippen molar-refractivity contribution in [1.82, 2.24) is 9.80 Å². The van der Waals surface area contributed by atoms with Crippen molar-refractivity contribution >= 4 is 17.5 Å². The highest BCUT2D eigenvalue weighted by Gasteiger charge is 2.32. The molecule has 0 saturated carbocycles. The van der Waals surface area contributed by atoms with Crippen molar-refractivity contribution in [2.75, 3.05) is 25.0 Å². The molecule has 4 rings (SSSR count). The Morgan fingerprint density at radius 2 is 1.74 bits per heavy atom. The minimum atomic E-state index is -0.112. The highest BCUT2D eigenvalue weighted by Crippen LogP contribution is 2.25. The molecule has 1 N–H and O–H groups in total. The van der Waals surface area contributed by atoms with Crippen molar-refractivity contribution in [2.24, 2.45) is 0 Å². The maximum absolute atomic E-state index is 12.8. The van der Waals surface area contributed by atoms with Gasteiger partial charge in [0.05, 0.1) is 0 Å². The number of fused-ring (bicyclic) bond motifs is 1. The molecule has 2 aromatic carbocycles. The number of nitrogens with one attached hydrogen (secondary N) is 1. The van der Waals surface area contributed by atoms with E-state index in [1.54, 1.807) is 24.3 Å². The zero-order valence-corrected chi connectivity index (χ0v) is 15.6. The van der Waals surface area contributed by atoms with Crippen LogP contribution in [0.15, 0.2) is 48.5 Å². The van der Waals surface area contributed by atoms with E-state index in [4.69, 9.17) is 0 Å². The van der Waals surface area contributed by atoms with Crippen LogP contribution in [0, 0.1) is 0 Å². The van der Waals surface area contributed by atoms with E-state index >= 15 is 0 Å². The lowest BCUT2D eigenvalue weighted by Gasteiger charge is -2.33. The van der Waals surface area contributed by atoms with Crippen LogP contribution in [0.3, 0.4) is 0 Å². The van der Waals surface area contributed by atoms with Crippen LogP contribution in [0.25, 0.3) is 0 Å². The Labute approximate surface area is 160 Å². The van der Waals surface area contributed by atoms with Gasteiger partial charge >= 0.3 is 0 Å². The normalized spacial score (nSPS) is 19.6. The van der Waals surface area contributed by atoms with Crippen molar-refractivity contribution < 1.29 is 9.59 Å². The Morgan fingerprint density at radius 3 is 2.48 bits per heavy atom. The van der Waals surface area contributed by atoms with Crippen molar-refractivity contribution in [3.8, 4) is 0 Å². The third kappa shape index (κ3) is 3.88. The van der Waals surface area contributed by atoms with Gasteiger partial charge in [-0.25, -0.2) is 0 Å². The fourth-order valence-electron chi connectivity index (χ4n) is 4.14. The van der Waals surface area contributed by atoms with Gasteiger partial charge in [0.15, 0.2) is 0 Å². The quantitative estimate of drug-likeness (QED) is 0.912. The summed E-state index contributed by atoms with van der Waals surface area (Å²) in [4.78, 5) is 28.4. The van der Waals surface area contributed by atoms with E-state index in [0.29, 0.717) is 17.3 Å². The van der Waals surface area contributed by atoms with Crippen LogP contribution in [-0.4, -0.2) is 47.3 Å². The minimum Gasteiger partial charge on any atom is -0.337 e. The molecule has 0 radical (unpaired) electrons. The lowest BCUT2D eigenvalue weighted by molar-refractivity contribution is -0.114. The van der Waals surface area contributed by atoms with Crippen LogP contribution < -0.4 is 5.32 Å². The van der Waals surface area contributed by atoms with Gasteiger partial charge in [-0.15, -0.1) is 0 Å². The number of benzene rings is 2. The summed E-state index contributed by atoms with van der Waals surface area (Å²) in [5.41, 5.74) is 4.26. The van der Waals surface area contributed by atoms with Gasteiger partial charge < -0.3 is 10.2 Å². The average Bonchev–Trinajstić information content (AvgIpc) is 3.17. The molecule has 0 spiro atoms. The summed E-state index contributed by atoms with van der Waals surface area (Å²) in [6.07, 6.45) is 2.11. The van der Waals surface area contributed by atoms with E-state index in [-0.39, 0.29) is 11.8 Å². The minimum absolute atomic E-state index is 0.0734. The molecule has 5 nitrogen and oxygen atoms in total. The standard InChI is InChI=1S/C22H25N3O2/c1-16(26)23-20-8-6-18(7-9-20)22(27)25-13-11-21(15-25)24-12-10-17-4-2-3-5-19(17)14-24/h2-9,21H,10-15H2,1H3,(H,23,26). The first-order chi connectivity index (χ1) is 13.1. The zero-order chi connectivity index (χ0) is 18.8. The van der Waals surface area contributed by atoms with Crippen molar-refractivity contribution in [1.29, 1.82) is 0 Å². The summed E-state index contributed by atoms with van der Waals surface area (Å²) in [5.74, 6) is -0.0381. The van der Waals surface area contributed by atoms with Gasteiger partial charge in [0.1, 0.15) is 0 Å². The molecule has 2 aliphatic rings. The van der Waals surface area contributed by atoms with Crippen LogP contribution in [0.2, 0.25) is 0 Å². The number of carbonyl (C=O) groups excluding carboxylic acids is 2. The summed E-state index contributed by atoms with van der Waals surface area (Å²) >= 11 is 0. The molecule has 2 aromatic rings. The number of hydrogen-bond donors (Lipinski definition) is 1. The number of nitrogens with zero attached hydrogens (tertiary/aromatic N) is 2. The summed E-state index contributed by atoms with van der Waals surface area (Å²) in [5, 5.41) is 2.73. The maximum atomic E-state index is 12.8. The Kier molecular flexibility index (Phi) is 4.94. The molecule has 0 aromatic heterocycles. The Morgan fingerprint density at radius 1 is 1.00 bits per heavy atom. The molecule has 5 heteroatoms. The molecule has 1 atom stereocenters. The highest BCUT2D eigenvalue weighted by molar-refractivity contribution is 5.95. The van der Waals surface area contributed by atoms with E-state index in [0.717, 1.165) is 39.0 Å². The van der Waals surface area contributed by atoms with Gasteiger partial charge in [0.25, 0.3) is 5.91 Å².